The van der Waals surface area contributed by atoms with Crippen molar-refractivity contribution in [1.82, 2.24) is 4.90 Å². The van der Waals surface area contributed by atoms with E-state index >= 15 is 0 Å². The summed E-state index contributed by atoms with van der Waals surface area (Å²) < 4.78 is 12.2. The van der Waals surface area contributed by atoms with Gasteiger partial charge in [-0.1, -0.05) is 47.9 Å². The zero-order valence-electron chi connectivity index (χ0n) is 21.4. The first-order valence-electron chi connectivity index (χ1n) is 13.2. The molecule has 1 saturated heterocycles. The lowest BCUT2D eigenvalue weighted by Crippen LogP contribution is -2.33. The van der Waals surface area contributed by atoms with E-state index in [0.29, 0.717) is 13.2 Å². The molecule has 1 atom stereocenters. The summed E-state index contributed by atoms with van der Waals surface area (Å²) in [6, 6.07) is 21.5. The van der Waals surface area contributed by atoms with Crippen molar-refractivity contribution in [2.75, 3.05) is 32.8 Å². The molecule has 0 saturated carbocycles. The van der Waals surface area contributed by atoms with E-state index in [1.165, 1.54) is 49.1 Å². The summed E-state index contributed by atoms with van der Waals surface area (Å²) in [5.41, 5.74) is 5.76. The van der Waals surface area contributed by atoms with E-state index in [1.807, 2.05) is 12.1 Å². The number of ether oxygens (including phenoxy) is 2. The first-order chi connectivity index (χ1) is 18.1. The molecule has 37 heavy (non-hydrogen) atoms. The molecular weight excluding hydrogens is 464 g/mol. The molecule has 6 heteroatoms. The van der Waals surface area contributed by atoms with Crippen LogP contribution in [0.5, 0.6) is 11.5 Å². The molecule has 0 bridgehead atoms. The summed E-state index contributed by atoms with van der Waals surface area (Å²) in [5.74, 6) is 1.82. The number of nitro benzene ring substituents is 1. The number of nitrogens with zero attached hydrogens (tertiary/aromatic N) is 2. The molecule has 0 radical (unpaired) electrons. The lowest BCUT2D eigenvalue weighted by Gasteiger charge is -2.26. The normalized spacial score (nSPS) is 19.1. The third-order valence-electron chi connectivity index (χ3n) is 7.29. The highest BCUT2D eigenvalue weighted by Crippen LogP contribution is 2.42. The molecule has 3 aromatic carbocycles. The Morgan fingerprint density at radius 1 is 1.03 bits per heavy atom. The van der Waals surface area contributed by atoms with Gasteiger partial charge in [-0.25, -0.2) is 0 Å². The third kappa shape index (κ3) is 6.20. The first-order valence-corrected chi connectivity index (χ1v) is 13.2. The number of piperidine rings is 1. The minimum Gasteiger partial charge on any atom is -0.493 e. The van der Waals surface area contributed by atoms with Gasteiger partial charge >= 0.3 is 0 Å². The molecule has 0 N–H and O–H groups in total. The summed E-state index contributed by atoms with van der Waals surface area (Å²) in [4.78, 5) is 13.2. The summed E-state index contributed by atoms with van der Waals surface area (Å²) in [6.07, 6.45) is 6.84. The van der Waals surface area contributed by atoms with E-state index in [1.54, 1.807) is 12.1 Å². The van der Waals surface area contributed by atoms with Gasteiger partial charge in [0.1, 0.15) is 18.1 Å². The summed E-state index contributed by atoms with van der Waals surface area (Å²) >= 11 is 0. The van der Waals surface area contributed by atoms with Crippen molar-refractivity contribution >= 4 is 11.8 Å². The maximum Gasteiger partial charge on any atom is 0.269 e. The van der Waals surface area contributed by atoms with Crippen molar-refractivity contribution in [3.8, 4) is 11.5 Å². The van der Waals surface area contributed by atoms with Crippen LogP contribution in [-0.4, -0.2) is 42.7 Å². The maximum atomic E-state index is 11.1. The standard InChI is InChI=1S/C31H34N2O4/c1-23-5-14-30-29(21-23)31(26(15-19-37-30)22-24-6-10-27(11-7-24)33(34)35)25-8-12-28(13-9-25)36-20-18-32-16-3-2-4-17-32/h5-14,21-22,31H,2-4,15-20H2,1H3/b26-22+. The van der Waals surface area contributed by atoms with Crippen molar-refractivity contribution in [3.63, 3.8) is 0 Å². The molecule has 0 amide bonds. The monoisotopic (exact) mass is 498 g/mol. The predicted octanol–water partition coefficient (Wildman–Crippen LogP) is 6.77. The molecular formula is C31H34N2O4. The van der Waals surface area contributed by atoms with Crippen LogP contribution in [0.4, 0.5) is 5.69 Å². The number of fused-ring (bicyclic) bond motifs is 1. The number of hydrogen-bond acceptors (Lipinski definition) is 5. The quantitative estimate of drug-likeness (QED) is 0.266. The Hall–Kier alpha value is -3.64. The van der Waals surface area contributed by atoms with Gasteiger partial charge < -0.3 is 9.47 Å². The molecule has 5 rings (SSSR count). The Kier molecular flexibility index (Phi) is 7.85. The Labute approximate surface area is 218 Å². The van der Waals surface area contributed by atoms with E-state index < -0.39 is 0 Å². The van der Waals surface area contributed by atoms with Gasteiger partial charge in [0.25, 0.3) is 5.69 Å². The largest absolute Gasteiger partial charge is 0.493 e. The molecule has 6 nitrogen and oxygen atoms in total. The topological polar surface area (TPSA) is 64.8 Å². The second-order valence-electron chi connectivity index (χ2n) is 9.96. The molecule has 2 aliphatic heterocycles. The smallest absolute Gasteiger partial charge is 0.269 e. The lowest BCUT2D eigenvalue weighted by molar-refractivity contribution is -0.384. The summed E-state index contributed by atoms with van der Waals surface area (Å²) in [6.45, 7) is 6.70. The van der Waals surface area contributed by atoms with Crippen LogP contribution in [0.15, 0.2) is 72.3 Å². The van der Waals surface area contributed by atoms with E-state index in [-0.39, 0.29) is 16.5 Å². The van der Waals surface area contributed by atoms with Gasteiger partial charge in [0.05, 0.1) is 11.5 Å². The minimum atomic E-state index is -0.367. The highest BCUT2D eigenvalue weighted by atomic mass is 16.6. The first kappa shape index (κ1) is 25.0. The molecule has 0 aromatic heterocycles. The Bertz CT molecular complexity index is 1250. The molecule has 0 spiro atoms. The maximum absolute atomic E-state index is 11.1. The molecule has 2 aliphatic rings. The van der Waals surface area contributed by atoms with Gasteiger partial charge in [0.15, 0.2) is 0 Å². The van der Waals surface area contributed by atoms with Gasteiger partial charge in [-0.15, -0.1) is 0 Å². The number of non-ortho nitro benzene ring substituents is 1. The van der Waals surface area contributed by atoms with E-state index in [0.717, 1.165) is 35.6 Å². The van der Waals surface area contributed by atoms with Crippen LogP contribution in [-0.2, 0) is 0 Å². The fourth-order valence-corrected chi connectivity index (χ4v) is 5.34. The number of nitro groups is 1. The molecule has 0 aliphatic carbocycles. The highest BCUT2D eigenvalue weighted by Gasteiger charge is 2.26. The van der Waals surface area contributed by atoms with E-state index in [4.69, 9.17) is 9.47 Å². The van der Waals surface area contributed by atoms with Crippen LogP contribution in [0.25, 0.3) is 6.08 Å². The minimum absolute atomic E-state index is 0.0231. The summed E-state index contributed by atoms with van der Waals surface area (Å²) in [5, 5.41) is 11.1. The third-order valence-corrected chi connectivity index (χ3v) is 7.29. The molecule has 2 heterocycles. The molecule has 3 aromatic rings. The van der Waals surface area contributed by atoms with Gasteiger partial charge in [0.2, 0.25) is 0 Å². The Balaban J connectivity index is 1.41. The van der Waals surface area contributed by atoms with E-state index in [2.05, 4.69) is 60.4 Å². The van der Waals surface area contributed by atoms with Gasteiger partial charge in [-0.2, -0.15) is 0 Å². The highest BCUT2D eigenvalue weighted by molar-refractivity contribution is 5.61. The fourth-order valence-electron chi connectivity index (χ4n) is 5.34. The molecule has 1 fully saturated rings. The van der Waals surface area contributed by atoms with Crippen molar-refractivity contribution < 1.29 is 14.4 Å². The summed E-state index contributed by atoms with van der Waals surface area (Å²) in [7, 11) is 0. The SMILES string of the molecule is Cc1ccc2c(c1)C(c1ccc(OCCN3CCCCC3)cc1)/C(=C/c1ccc([N+](=O)[O-])cc1)CCO2. The van der Waals surface area contributed by atoms with Crippen LogP contribution in [0.3, 0.4) is 0 Å². The zero-order chi connectivity index (χ0) is 25.6. The van der Waals surface area contributed by atoms with Crippen LogP contribution in [0.2, 0.25) is 0 Å². The van der Waals surface area contributed by atoms with Gasteiger partial charge in [0, 0.05) is 36.6 Å². The van der Waals surface area contributed by atoms with Crippen molar-refractivity contribution in [2.45, 2.75) is 38.5 Å². The van der Waals surface area contributed by atoms with Crippen LogP contribution in [0.1, 0.15) is 53.9 Å². The van der Waals surface area contributed by atoms with Gasteiger partial charge in [-0.05, 0) is 74.3 Å². The zero-order valence-corrected chi connectivity index (χ0v) is 21.4. The number of aryl methyl sites for hydroxylation is 1. The van der Waals surface area contributed by atoms with Gasteiger partial charge in [-0.3, -0.25) is 15.0 Å². The second kappa shape index (κ2) is 11.6. The Morgan fingerprint density at radius 3 is 2.51 bits per heavy atom. The van der Waals surface area contributed by atoms with Crippen LogP contribution >= 0.6 is 0 Å². The number of hydrogen-bond donors (Lipinski definition) is 0. The molecule has 1 unspecified atom stereocenters. The predicted molar refractivity (Wildman–Crippen MR) is 146 cm³/mol. The second-order valence-corrected chi connectivity index (χ2v) is 9.96. The molecule has 192 valence electrons. The number of likely N-dealkylation sites (tertiary alicyclic amines) is 1. The average molecular weight is 499 g/mol. The lowest BCUT2D eigenvalue weighted by atomic mass is 9.82. The Morgan fingerprint density at radius 2 is 1.78 bits per heavy atom. The van der Waals surface area contributed by atoms with Crippen LogP contribution in [0, 0.1) is 17.0 Å². The average Bonchev–Trinajstić information content (AvgIpc) is 3.09. The van der Waals surface area contributed by atoms with Crippen molar-refractivity contribution in [1.29, 1.82) is 0 Å². The van der Waals surface area contributed by atoms with Crippen molar-refractivity contribution in [3.05, 3.63) is 105 Å². The van der Waals surface area contributed by atoms with E-state index in [9.17, 15) is 10.1 Å². The number of benzene rings is 3. The van der Waals surface area contributed by atoms with Crippen molar-refractivity contribution in [2.24, 2.45) is 0 Å². The number of rotatable bonds is 7. The fraction of sp³-hybridized carbons (Fsp3) is 0.355. The van der Waals surface area contributed by atoms with Crippen LogP contribution < -0.4 is 9.47 Å².